The largest absolute Gasteiger partial charge is 0.493 e. The Kier molecular flexibility index (Phi) is 5.06. The number of carbonyl (C=O) groups excluding carboxylic acids is 1. The topological polar surface area (TPSA) is 96.2 Å². The molecule has 176 valence electrons. The Morgan fingerprint density at radius 1 is 0.971 bits per heavy atom. The maximum Gasteiger partial charge on any atom is 0.344 e. The van der Waals surface area contributed by atoms with Crippen molar-refractivity contribution < 1.29 is 28.2 Å². The van der Waals surface area contributed by atoms with Crippen LogP contribution in [0.3, 0.4) is 0 Å². The van der Waals surface area contributed by atoms with Crippen LogP contribution in [-0.2, 0) is 4.79 Å². The van der Waals surface area contributed by atoms with E-state index in [0.29, 0.717) is 58.4 Å². The van der Waals surface area contributed by atoms with Crippen molar-refractivity contribution >= 4 is 22.6 Å². The standard InChI is InChI=1S/C27H21NO7/c1-31-19-13-15(14-20-24(19)33-12-11-32-20)21-22-23(17-9-5-6-10-18(17)34-27(22)30)35-25(21)26(29)28-16-7-3-2-4-8-16/h2-10,13-14,21,25H,11-12H2,1H3,(H,28,29). The summed E-state index contributed by atoms with van der Waals surface area (Å²) >= 11 is 0. The van der Waals surface area contributed by atoms with Crippen LogP contribution in [0, 0.1) is 0 Å². The van der Waals surface area contributed by atoms with Gasteiger partial charge in [0.05, 0.1) is 24.0 Å². The molecule has 6 rings (SSSR count). The zero-order chi connectivity index (χ0) is 23.9. The summed E-state index contributed by atoms with van der Waals surface area (Å²) in [5.74, 6) is 0.583. The summed E-state index contributed by atoms with van der Waals surface area (Å²) in [5.41, 5.74) is 1.33. The molecule has 0 saturated carbocycles. The molecule has 0 spiro atoms. The summed E-state index contributed by atoms with van der Waals surface area (Å²) in [4.78, 5) is 26.7. The minimum absolute atomic E-state index is 0.274. The number of methoxy groups -OCH3 is 1. The summed E-state index contributed by atoms with van der Waals surface area (Å²) in [6.07, 6.45) is -1.04. The average Bonchev–Trinajstić information content (AvgIpc) is 3.31. The van der Waals surface area contributed by atoms with Crippen LogP contribution in [0.1, 0.15) is 17.0 Å². The van der Waals surface area contributed by atoms with E-state index in [0.717, 1.165) is 0 Å². The second-order valence-corrected chi connectivity index (χ2v) is 8.25. The Bertz CT molecular complexity index is 1480. The van der Waals surface area contributed by atoms with Gasteiger partial charge in [-0.3, -0.25) is 4.79 Å². The Morgan fingerprint density at radius 2 is 1.74 bits per heavy atom. The number of para-hydroxylation sites is 2. The third-order valence-electron chi connectivity index (χ3n) is 6.17. The van der Waals surface area contributed by atoms with E-state index in [1.54, 1.807) is 42.5 Å². The molecular weight excluding hydrogens is 450 g/mol. The van der Waals surface area contributed by atoms with Gasteiger partial charge in [0.25, 0.3) is 5.91 Å². The molecule has 1 aromatic heterocycles. The fourth-order valence-electron chi connectivity index (χ4n) is 4.63. The van der Waals surface area contributed by atoms with Crippen LogP contribution in [0.25, 0.3) is 11.0 Å². The van der Waals surface area contributed by atoms with Gasteiger partial charge in [0, 0.05) is 5.69 Å². The molecule has 8 heteroatoms. The van der Waals surface area contributed by atoms with E-state index in [2.05, 4.69) is 5.32 Å². The highest BCUT2D eigenvalue weighted by Crippen LogP contribution is 2.48. The molecule has 3 aromatic carbocycles. The molecular formula is C27H21NO7. The van der Waals surface area contributed by atoms with Crippen LogP contribution in [0.4, 0.5) is 5.69 Å². The van der Waals surface area contributed by atoms with Gasteiger partial charge in [0.1, 0.15) is 24.5 Å². The number of benzene rings is 3. The SMILES string of the molecule is COc1cc(C2c3c(c4ccccc4oc3=O)OC2C(=O)Nc2ccccc2)cc2c1OCCO2. The van der Waals surface area contributed by atoms with Crippen LogP contribution < -0.4 is 29.9 Å². The van der Waals surface area contributed by atoms with Crippen LogP contribution in [0.2, 0.25) is 0 Å². The van der Waals surface area contributed by atoms with Crippen molar-refractivity contribution in [2.75, 3.05) is 25.6 Å². The molecule has 1 N–H and O–H groups in total. The lowest BCUT2D eigenvalue weighted by molar-refractivity contribution is -0.122. The molecule has 2 unspecified atom stereocenters. The van der Waals surface area contributed by atoms with Crippen molar-refractivity contribution in [3.05, 3.63) is 88.3 Å². The van der Waals surface area contributed by atoms with Gasteiger partial charge in [0.15, 0.2) is 17.6 Å². The van der Waals surface area contributed by atoms with E-state index in [4.69, 9.17) is 23.4 Å². The van der Waals surface area contributed by atoms with Gasteiger partial charge < -0.3 is 28.7 Å². The molecule has 2 aliphatic rings. The molecule has 0 saturated heterocycles. The van der Waals surface area contributed by atoms with Gasteiger partial charge in [-0.1, -0.05) is 30.3 Å². The number of amides is 1. The lowest BCUT2D eigenvalue weighted by Crippen LogP contribution is -2.35. The number of rotatable bonds is 4. The maximum absolute atomic E-state index is 13.5. The van der Waals surface area contributed by atoms with Crippen molar-refractivity contribution in [3.63, 3.8) is 0 Å². The summed E-state index contributed by atoms with van der Waals surface area (Å²) < 4.78 is 28.9. The van der Waals surface area contributed by atoms with Gasteiger partial charge in [-0.05, 0) is 42.0 Å². The molecule has 0 fully saturated rings. The molecule has 8 nitrogen and oxygen atoms in total. The predicted molar refractivity (Wildman–Crippen MR) is 128 cm³/mol. The Hall–Kier alpha value is -4.46. The molecule has 2 aliphatic heterocycles. The number of hydrogen-bond donors (Lipinski definition) is 1. The van der Waals surface area contributed by atoms with E-state index in [9.17, 15) is 9.59 Å². The number of fused-ring (bicyclic) bond motifs is 4. The first-order chi connectivity index (χ1) is 17.1. The first-order valence-corrected chi connectivity index (χ1v) is 11.2. The fourth-order valence-corrected chi connectivity index (χ4v) is 4.63. The van der Waals surface area contributed by atoms with Crippen molar-refractivity contribution in [2.24, 2.45) is 0 Å². The maximum atomic E-state index is 13.5. The van der Waals surface area contributed by atoms with Crippen molar-refractivity contribution in [1.82, 2.24) is 0 Å². The van der Waals surface area contributed by atoms with E-state index in [1.807, 2.05) is 24.3 Å². The van der Waals surface area contributed by atoms with Crippen molar-refractivity contribution in [2.45, 2.75) is 12.0 Å². The van der Waals surface area contributed by atoms with Crippen LogP contribution in [0.15, 0.2) is 75.9 Å². The lowest BCUT2D eigenvalue weighted by Gasteiger charge is -2.24. The molecule has 35 heavy (non-hydrogen) atoms. The predicted octanol–water partition coefficient (Wildman–Crippen LogP) is 4.10. The van der Waals surface area contributed by atoms with Gasteiger partial charge in [0.2, 0.25) is 5.75 Å². The minimum atomic E-state index is -1.04. The lowest BCUT2D eigenvalue weighted by atomic mass is 9.87. The van der Waals surface area contributed by atoms with Gasteiger partial charge in [-0.25, -0.2) is 4.79 Å². The zero-order valence-corrected chi connectivity index (χ0v) is 18.8. The number of carbonyl (C=O) groups is 1. The highest BCUT2D eigenvalue weighted by molar-refractivity contribution is 5.97. The van der Waals surface area contributed by atoms with E-state index >= 15 is 0 Å². The van der Waals surface area contributed by atoms with E-state index < -0.39 is 23.6 Å². The highest BCUT2D eigenvalue weighted by atomic mass is 16.6. The second-order valence-electron chi connectivity index (χ2n) is 8.25. The normalized spacial score (nSPS) is 18.0. The average molecular weight is 471 g/mol. The molecule has 0 aliphatic carbocycles. The van der Waals surface area contributed by atoms with Gasteiger partial charge in [-0.15, -0.1) is 0 Å². The second kappa shape index (κ2) is 8.39. The summed E-state index contributed by atoms with van der Waals surface area (Å²) in [6, 6.07) is 19.7. The molecule has 2 atom stereocenters. The highest BCUT2D eigenvalue weighted by Gasteiger charge is 2.45. The fraction of sp³-hybridized carbons (Fsp3) is 0.185. The molecule has 4 aromatic rings. The number of hydrogen-bond acceptors (Lipinski definition) is 7. The zero-order valence-electron chi connectivity index (χ0n) is 18.8. The van der Waals surface area contributed by atoms with Crippen LogP contribution in [-0.4, -0.2) is 32.3 Å². The Labute approximate surface area is 200 Å². The van der Waals surface area contributed by atoms with Crippen LogP contribution >= 0.6 is 0 Å². The Balaban J connectivity index is 1.53. The summed E-state index contributed by atoms with van der Waals surface area (Å²) in [6.45, 7) is 0.776. The smallest absolute Gasteiger partial charge is 0.344 e. The number of ether oxygens (including phenoxy) is 4. The molecule has 0 bridgehead atoms. The number of anilines is 1. The third-order valence-corrected chi connectivity index (χ3v) is 6.17. The first kappa shape index (κ1) is 21.1. The molecule has 0 radical (unpaired) electrons. The first-order valence-electron chi connectivity index (χ1n) is 11.2. The summed E-state index contributed by atoms with van der Waals surface area (Å²) in [7, 11) is 1.53. The van der Waals surface area contributed by atoms with Gasteiger partial charge >= 0.3 is 5.63 Å². The molecule has 1 amide bonds. The molecule has 3 heterocycles. The van der Waals surface area contributed by atoms with Crippen molar-refractivity contribution in [1.29, 1.82) is 0 Å². The quantitative estimate of drug-likeness (QED) is 0.448. The number of nitrogens with one attached hydrogen (secondary N) is 1. The third kappa shape index (κ3) is 3.54. The summed E-state index contributed by atoms with van der Waals surface area (Å²) in [5, 5.41) is 3.51. The Morgan fingerprint density at radius 3 is 2.57 bits per heavy atom. The van der Waals surface area contributed by atoms with Crippen LogP contribution in [0.5, 0.6) is 23.0 Å². The van der Waals surface area contributed by atoms with E-state index in [1.165, 1.54) is 7.11 Å². The monoisotopic (exact) mass is 471 g/mol. The van der Waals surface area contributed by atoms with E-state index in [-0.39, 0.29) is 5.56 Å². The minimum Gasteiger partial charge on any atom is -0.493 e. The van der Waals surface area contributed by atoms with Crippen molar-refractivity contribution in [3.8, 4) is 23.0 Å². The van der Waals surface area contributed by atoms with Gasteiger partial charge in [-0.2, -0.15) is 0 Å².